The van der Waals surface area contributed by atoms with Crippen molar-refractivity contribution in [2.45, 2.75) is 24.8 Å². The summed E-state index contributed by atoms with van der Waals surface area (Å²) in [7, 11) is 5.21. The number of hydrogen-bond donors (Lipinski definition) is 0. The van der Waals surface area contributed by atoms with Crippen LogP contribution >= 0.6 is 0 Å². The van der Waals surface area contributed by atoms with Crippen LogP contribution in [0.25, 0.3) is 0 Å². The second-order valence-corrected chi connectivity index (χ2v) is 7.10. The number of aromatic nitrogens is 2. The van der Waals surface area contributed by atoms with Crippen LogP contribution < -0.4 is 9.47 Å². The molecule has 0 bridgehead atoms. The van der Waals surface area contributed by atoms with E-state index in [1.165, 1.54) is 0 Å². The Hall–Kier alpha value is -2.61. The highest BCUT2D eigenvalue weighted by molar-refractivity contribution is 5.97. The Bertz CT molecular complexity index is 831. The first-order chi connectivity index (χ1) is 13.1. The molecule has 2 aliphatic rings. The first kappa shape index (κ1) is 17.8. The number of likely N-dealkylation sites (tertiary alicyclic amines) is 2. The van der Waals surface area contributed by atoms with Gasteiger partial charge in [-0.1, -0.05) is 5.16 Å². The van der Waals surface area contributed by atoms with Crippen molar-refractivity contribution in [3.05, 3.63) is 35.5 Å². The quantitative estimate of drug-likeness (QED) is 0.795. The standard InChI is InChI=1S/C19H24N4O4/c1-22-8-4-5-15(22)18-20-17(21-27-18)12-10-23(11-12)19(24)14-7-6-13(25-2)9-16(14)26-3/h6-7,9,12,15H,4-5,8,10-11H2,1-3H3. The fourth-order valence-corrected chi connectivity index (χ4v) is 3.72. The number of carbonyl (C=O) groups is 1. The van der Waals surface area contributed by atoms with Gasteiger partial charge in [-0.15, -0.1) is 0 Å². The molecular weight excluding hydrogens is 348 g/mol. The maximum atomic E-state index is 12.8. The van der Waals surface area contributed by atoms with Gasteiger partial charge in [-0.25, -0.2) is 0 Å². The Morgan fingerprint density at radius 2 is 2.07 bits per heavy atom. The van der Waals surface area contributed by atoms with Crippen LogP contribution in [0.5, 0.6) is 11.5 Å². The van der Waals surface area contributed by atoms with E-state index < -0.39 is 0 Å². The normalized spacial score (nSPS) is 20.6. The summed E-state index contributed by atoms with van der Waals surface area (Å²) in [4.78, 5) is 21.4. The molecule has 0 radical (unpaired) electrons. The Morgan fingerprint density at radius 3 is 2.74 bits per heavy atom. The van der Waals surface area contributed by atoms with Crippen LogP contribution in [0.3, 0.4) is 0 Å². The molecule has 27 heavy (non-hydrogen) atoms. The predicted molar refractivity (Wildman–Crippen MR) is 97.1 cm³/mol. The van der Waals surface area contributed by atoms with Crippen LogP contribution in [0.2, 0.25) is 0 Å². The van der Waals surface area contributed by atoms with Crippen molar-refractivity contribution in [2.24, 2.45) is 0 Å². The van der Waals surface area contributed by atoms with Crippen molar-refractivity contribution in [3.63, 3.8) is 0 Å². The average molecular weight is 372 g/mol. The lowest BCUT2D eigenvalue weighted by Gasteiger charge is -2.37. The summed E-state index contributed by atoms with van der Waals surface area (Å²) >= 11 is 0. The molecule has 0 saturated carbocycles. The summed E-state index contributed by atoms with van der Waals surface area (Å²) < 4.78 is 16.0. The highest BCUT2D eigenvalue weighted by Crippen LogP contribution is 2.33. The van der Waals surface area contributed by atoms with Gasteiger partial charge in [-0.3, -0.25) is 9.69 Å². The Balaban J connectivity index is 1.41. The number of rotatable bonds is 5. The number of nitrogens with zero attached hydrogens (tertiary/aromatic N) is 4. The molecule has 0 aliphatic carbocycles. The van der Waals surface area contributed by atoms with E-state index in [1.54, 1.807) is 37.3 Å². The van der Waals surface area contributed by atoms with Gasteiger partial charge >= 0.3 is 0 Å². The molecule has 1 amide bonds. The summed E-state index contributed by atoms with van der Waals surface area (Å²) in [6.07, 6.45) is 2.19. The van der Waals surface area contributed by atoms with Crippen molar-refractivity contribution in [3.8, 4) is 11.5 Å². The number of amides is 1. The van der Waals surface area contributed by atoms with Gasteiger partial charge in [-0.05, 0) is 38.6 Å². The number of methoxy groups -OCH3 is 2. The molecule has 0 spiro atoms. The molecule has 2 aliphatic heterocycles. The van der Waals surface area contributed by atoms with E-state index in [4.69, 9.17) is 14.0 Å². The Labute approximate surface area is 158 Å². The largest absolute Gasteiger partial charge is 0.497 e. The average Bonchev–Trinajstić information content (AvgIpc) is 3.28. The predicted octanol–water partition coefficient (Wildman–Crippen LogP) is 2.09. The summed E-state index contributed by atoms with van der Waals surface area (Å²) in [5, 5.41) is 4.15. The molecule has 144 valence electrons. The van der Waals surface area contributed by atoms with Gasteiger partial charge < -0.3 is 18.9 Å². The van der Waals surface area contributed by atoms with Crippen LogP contribution in [0.15, 0.2) is 22.7 Å². The molecule has 2 aromatic rings. The van der Waals surface area contributed by atoms with Gasteiger partial charge in [0.2, 0.25) is 5.89 Å². The van der Waals surface area contributed by atoms with Crippen molar-refractivity contribution in [2.75, 3.05) is 40.9 Å². The molecule has 3 heterocycles. The van der Waals surface area contributed by atoms with Crippen molar-refractivity contribution in [1.29, 1.82) is 0 Å². The second-order valence-electron chi connectivity index (χ2n) is 7.10. The van der Waals surface area contributed by atoms with E-state index in [2.05, 4.69) is 22.1 Å². The summed E-state index contributed by atoms with van der Waals surface area (Å²) in [6.45, 7) is 2.21. The van der Waals surface area contributed by atoms with Gasteiger partial charge in [-0.2, -0.15) is 4.98 Å². The number of carbonyl (C=O) groups excluding carboxylic acids is 1. The van der Waals surface area contributed by atoms with E-state index in [0.717, 1.165) is 19.4 Å². The lowest BCUT2D eigenvalue weighted by Crippen LogP contribution is -2.48. The number of ether oxygens (including phenoxy) is 2. The molecule has 1 atom stereocenters. The number of hydrogen-bond acceptors (Lipinski definition) is 7. The van der Waals surface area contributed by atoms with Crippen LogP contribution in [-0.2, 0) is 0 Å². The van der Waals surface area contributed by atoms with E-state index in [0.29, 0.717) is 41.9 Å². The fourth-order valence-electron chi connectivity index (χ4n) is 3.72. The molecule has 4 rings (SSSR count). The molecule has 2 fully saturated rings. The first-order valence-corrected chi connectivity index (χ1v) is 9.15. The SMILES string of the molecule is COc1ccc(C(=O)N2CC(c3noc(C4CCCN4C)n3)C2)c(OC)c1. The molecular formula is C19H24N4O4. The van der Waals surface area contributed by atoms with Crippen molar-refractivity contribution >= 4 is 5.91 Å². The molecule has 8 nitrogen and oxygen atoms in total. The zero-order chi connectivity index (χ0) is 19.0. The summed E-state index contributed by atoms with van der Waals surface area (Å²) in [5.41, 5.74) is 0.526. The zero-order valence-electron chi connectivity index (χ0n) is 15.8. The van der Waals surface area contributed by atoms with E-state index in [9.17, 15) is 4.79 Å². The molecule has 2 saturated heterocycles. The maximum absolute atomic E-state index is 12.8. The van der Waals surface area contributed by atoms with Crippen LogP contribution in [0.4, 0.5) is 0 Å². The lowest BCUT2D eigenvalue weighted by molar-refractivity contribution is 0.0589. The van der Waals surface area contributed by atoms with Gasteiger partial charge in [0.15, 0.2) is 5.82 Å². The maximum Gasteiger partial charge on any atom is 0.257 e. The lowest BCUT2D eigenvalue weighted by atomic mass is 9.98. The molecule has 1 unspecified atom stereocenters. The Kier molecular flexibility index (Phi) is 4.73. The number of benzene rings is 1. The monoisotopic (exact) mass is 372 g/mol. The van der Waals surface area contributed by atoms with E-state index >= 15 is 0 Å². The van der Waals surface area contributed by atoms with Gasteiger partial charge in [0, 0.05) is 19.2 Å². The summed E-state index contributed by atoms with van der Waals surface area (Å²) in [6, 6.07) is 5.42. The molecule has 0 N–H and O–H groups in total. The Morgan fingerprint density at radius 1 is 1.26 bits per heavy atom. The highest BCUT2D eigenvalue weighted by atomic mass is 16.5. The molecule has 8 heteroatoms. The molecule has 1 aromatic heterocycles. The van der Waals surface area contributed by atoms with Gasteiger partial charge in [0.25, 0.3) is 5.91 Å². The molecule has 1 aromatic carbocycles. The van der Waals surface area contributed by atoms with Crippen LogP contribution in [-0.4, -0.2) is 66.7 Å². The van der Waals surface area contributed by atoms with Crippen LogP contribution in [0, 0.1) is 0 Å². The minimum atomic E-state index is -0.0648. The van der Waals surface area contributed by atoms with Crippen molar-refractivity contribution in [1.82, 2.24) is 19.9 Å². The second kappa shape index (κ2) is 7.19. The third kappa shape index (κ3) is 3.25. The topological polar surface area (TPSA) is 80.9 Å². The highest BCUT2D eigenvalue weighted by Gasteiger charge is 2.37. The van der Waals surface area contributed by atoms with Crippen molar-refractivity contribution < 1.29 is 18.8 Å². The third-order valence-electron chi connectivity index (χ3n) is 5.44. The van der Waals surface area contributed by atoms with Crippen LogP contribution in [0.1, 0.15) is 46.9 Å². The first-order valence-electron chi connectivity index (χ1n) is 9.15. The smallest absolute Gasteiger partial charge is 0.257 e. The minimum absolute atomic E-state index is 0.0648. The third-order valence-corrected chi connectivity index (χ3v) is 5.44. The van der Waals surface area contributed by atoms with Gasteiger partial charge in [0.1, 0.15) is 11.5 Å². The summed E-state index contributed by atoms with van der Waals surface area (Å²) in [5.74, 6) is 2.59. The zero-order valence-corrected chi connectivity index (χ0v) is 15.8. The minimum Gasteiger partial charge on any atom is -0.497 e. The van der Waals surface area contributed by atoms with E-state index in [1.807, 2.05) is 0 Å². The van der Waals surface area contributed by atoms with Gasteiger partial charge in [0.05, 0.1) is 31.7 Å². The van der Waals surface area contributed by atoms with E-state index in [-0.39, 0.29) is 17.9 Å². The fraction of sp³-hybridized carbons (Fsp3) is 0.526.